The third-order valence-electron chi connectivity index (χ3n) is 2.97. The molecule has 1 heterocycles. The van der Waals surface area contributed by atoms with E-state index < -0.39 is 0 Å². The van der Waals surface area contributed by atoms with Crippen molar-refractivity contribution in [2.75, 3.05) is 26.8 Å². The molecule has 0 aliphatic heterocycles. The summed E-state index contributed by atoms with van der Waals surface area (Å²) < 4.78 is 6.61. The predicted octanol–water partition coefficient (Wildman–Crippen LogP) is 1.02. The lowest BCUT2D eigenvalue weighted by Crippen LogP contribution is -2.25. The molecule has 2 rings (SSSR count). The van der Waals surface area contributed by atoms with E-state index in [-0.39, 0.29) is 5.56 Å². The van der Waals surface area contributed by atoms with E-state index in [0.29, 0.717) is 18.5 Å². The number of ether oxygens (including phenoxy) is 1. The predicted molar refractivity (Wildman–Crippen MR) is 75.4 cm³/mol. The Bertz CT molecular complexity index is 580. The van der Waals surface area contributed by atoms with E-state index in [1.54, 1.807) is 18.0 Å². The van der Waals surface area contributed by atoms with E-state index in [1.165, 1.54) is 0 Å². The molecule has 0 unspecified atom stereocenters. The molecule has 5 nitrogen and oxygen atoms in total. The molecule has 0 bridgehead atoms. The summed E-state index contributed by atoms with van der Waals surface area (Å²) in [4.78, 5) is 16.5. The second-order valence-electron chi connectivity index (χ2n) is 4.36. The molecule has 2 aromatic rings. The van der Waals surface area contributed by atoms with Gasteiger partial charge < -0.3 is 10.1 Å². The van der Waals surface area contributed by atoms with Crippen molar-refractivity contribution in [2.24, 2.45) is 0 Å². The number of aryl methyl sites for hydroxylation is 1. The van der Waals surface area contributed by atoms with Gasteiger partial charge in [0.2, 0.25) is 0 Å². The van der Waals surface area contributed by atoms with Gasteiger partial charge in [0, 0.05) is 20.2 Å². The molecule has 1 N–H and O–H groups in total. The molecule has 0 aliphatic rings. The molecular weight excluding hydrogens is 242 g/mol. The fourth-order valence-corrected chi connectivity index (χ4v) is 1.94. The van der Waals surface area contributed by atoms with Gasteiger partial charge in [-0.05, 0) is 25.1 Å². The summed E-state index contributed by atoms with van der Waals surface area (Å²) in [6.45, 7) is 3.08. The van der Waals surface area contributed by atoms with Crippen molar-refractivity contribution in [1.29, 1.82) is 0 Å². The smallest absolute Gasteiger partial charge is 0.261 e. The highest BCUT2D eigenvalue weighted by Gasteiger charge is 2.02. The van der Waals surface area contributed by atoms with Crippen LogP contribution >= 0.6 is 0 Å². The molecular formula is C14H19N3O2. The van der Waals surface area contributed by atoms with Crippen LogP contribution in [0.3, 0.4) is 0 Å². The lowest BCUT2D eigenvalue weighted by Gasteiger charge is -2.07. The summed E-state index contributed by atoms with van der Waals surface area (Å²) in [5.41, 5.74) is 0.782. The minimum atomic E-state index is 0.0301. The van der Waals surface area contributed by atoms with Gasteiger partial charge in [0.1, 0.15) is 0 Å². The molecule has 1 aromatic heterocycles. The zero-order chi connectivity index (χ0) is 13.5. The first-order valence-electron chi connectivity index (χ1n) is 6.47. The van der Waals surface area contributed by atoms with Crippen molar-refractivity contribution < 1.29 is 4.74 Å². The Kier molecular flexibility index (Phi) is 5.06. The topological polar surface area (TPSA) is 56.1 Å². The van der Waals surface area contributed by atoms with Gasteiger partial charge in [0.05, 0.1) is 23.8 Å². The molecule has 19 heavy (non-hydrogen) atoms. The lowest BCUT2D eigenvalue weighted by atomic mass is 10.2. The van der Waals surface area contributed by atoms with Gasteiger partial charge in [-0.3, -0.25) is 9.36 Å². The summed E-state index contributed by atoms with van der Waals surface area (Å²) in [6.07, 6.45) is 2.52. The van der Waals surface area contributed by atoms with Crippen LogP contribution in [0.25, 0.3) is 10.9 Å². The van der Waals surface area contributed by atoms with Gasteiger partial charge in [0.25, 0.3) is 5.56 Å². The fraction of sp³-hybridized carbons (Fsp3) is 0.429. The standard InChI is InChI=1S/C14H19N3O2/c1-19-10-8-15-7-4-9-17-11-16-13-6-3-2-5-12(13)14(17)18/h2-3,5-6,11,15H,4,7-10H2,1H3. The van der Waals surface area contributed by atoms with Crippen molar-refractivity contribution in [1.82, 2.24) is 14.9 Å². The van der Waals surface area contributed by atoms with Crippen LogP contribution in [0.4, 0.5) is 0 Å². The Morgan fingerprint density at radius 3 is 3.00 bits per heavy atom. The van der Waals surface area contributed by atoms with Crippen LogP contribution in [0, 0.1) is 0 Å². The average molecular weight is 261 g/mol. The second kappa shape index (κ2) is 7.01. The van der Waals surface area contributed by atoms with Crippen molar-refractivity contribution in [3.63, 3.8) is 0 Å². The van der Waals surface area contributed by atoms with Gasteiger partial charge in [-0.15, -0.1) is 0 Å². The van der Waals surface area contributed by atoms with Crippen molar-refractivity contribution in [3.05, 3.63) is 40.9 Å². The van der Waals surface area contributed by atoms with E-state index >= 15 is 0 Å². The summed E-state index contributed by atoms with van der Waals surface area (Å²) in [7, 11) is 1.68. The number of rotatable bonds is 7. The minimum Gasteiger partial charge on any atom is -0.383 e. The SMILES string of the molecule is COCCNCCCn1cnc2ccccc2c1=O. The lowest BCUT2D eigenvalue weighted by molar-refractivity contribution is 0.199. The third kappa shape index (κ3) is 3.62. The number of hydrogen-bond acceptors (Lipinski definition) is 4. The fourth-order valence-electron chi connectivity index (χ4n) is 1.94. The summed E-state index contributed by atoms with van der Waals surface area (Å²) in [6, 6.07) is 7.42. The molecule has 102 valence electrons. The largest absolute Gasteiger partial charge is 0.383 e. The zero-order valence-electron chi connectivity index (χ0n) is 11.1. The maximum Gasteiger partial charge on any atom is 0.261 e. The van der Waals surface area contributed by atoms with Crippen LogP contribution in [-0.4, -0.2) is 36.4 Å². The monoisotopic (exact) mass is 261 g/mol. The molecule has 5 heteroatoms. The Hall–Kier alpha value is -1.72. The highest BCUT2D eigenvalue weighted by atomic mass is 16.5. The maximum atomic E-state index is 12.2. The molecule has 0 saturated heterocycles. The zero-order valence-corrected chi connectivity index (χ0v) is 11.1. The molecule has 0 spiro atoms. The van der Waals surface area contributed by atoms with E-state index in [2.05, 4.69) is 10.3 Å². The Labute approximate surface area is 112 Å². The number of hydrogen-bond donors (Lipinski definition) is 1. The van der Waals surface area contributed by atoms with Crippen LogP contribution in [0.15, 0.2) is 35.4 Å². The number of para-hydroxylation sites is 1. The van der Waals surface area contributed by atoms with E-state index in [0.717, 1.165) is 25.0 Å². The average Bonchev–Trinajstić information content (AvgIpc) is 2.45. The van der Waals surface area contributed by atoms with Crippen LogP contribution < -0.4 is 10.9 Å². The first-order valence-corrected chi connectivity index (χ1v) is 6.47. The quantitative estimate of drug-likeness (QED) is 0.756. The van der Waals surface area contributed by atoms with E-state index in [9.17, 15) is 4.79 Å². The number of nitrogens with one attached hydrogen (secondary N) is 1. The summed E-state index contributed by atoms with van der Waals surface area (Å²) in [5, 5.41) is 3.93. The Balaban J connectivity index is 1.94. The molecule has 0 amide bonds. The van der Waals surface area contributed by atoms with Gasteiger partial charge in [-0.1, -0.05) is 12.1 Å². The van der Waals surface area contributed by atoms with Gasteiger partial charge in [-0.2, -0.15) is 0 Å². The molecule has 0 fully saturated rings. The van der Waals surface area contributed by atoms with Crippen molar-refractivity contribution in [3.8, 4) is 0 Å². The molecule has 0 radical (unpaired) electrons. The molecule has 0 aliphatic carbocycles. The summed E-state index contributed by atoms with van der Waals surface area (Å²) in [5.74, 6) is 0. The van der Waals surface area contributed by atoms with Crippen LogP contribution in [-0.2, 0) is 11.3 Å². The van der Waals surface area contributed by atoms with E-state index in [4.69, 9.17) is 4.74 Å². The molecule has 0 atom stereocenters. The van der Waals surface area contributed by atoms with Crippen molar-refractivity contribution >= 4 is 10.9 Å². The van der Waals surface area contributed by atoms with Gasteiger partial charge in [0.15, 0.2) is 0 Å². The number of nitrogens with zero attached hydrogens (tertiary/aromatic N) is 2. The van der Waals surface area contributed by atoms with Gasteiger partial charge >= 0.3 is 0 Å². The normalized spacial score (nSPS) is 11.0. The maximum absolute atomic E-state index is 12.2. The highest BCUT2D eigenvalue weighted by Crippen LogP contribution is 2.04. The number of aromatic nitrogens is 2. The third-order valence-corrected chi connectivity index (χ3v) is 2.97. The van der Waals surface area contributed by atoms with Crippen LogP contribution in [0.2, 0.25) is 0 Å². The first kappa shape index (κ1) is 13.7. The van der Waals surface area contributed by atoms with Gasteiger partial charge in [-0.25, -0.2) is 4.98 Å². The second-order valence-corrected chi connectivity index (χ2v) is 4.36. The molecule has 0 saturated carbocycles. The Morgan fingerprint density at radius 2 is 2.16 bits per heavy atom. The number of fused-ring (bicyclic) bond motifs is 1. The first-order chi connectivity index (χ1) is 9.33. The Morgan fingerprint density at radius 1 is 1.32 bits per heavy atom. The number of benzene rings is 1. The van der Waals surface area contributed by atoms with Crippen LogP contribution in [0.1, 0.15) is 6.42 Å². The molecule has 1 aromatic carbocycles. The van der Waals surface area contributed by atoms with Crippen molar-refractivity contribution in [2.45, 2.75) is 13.0 Å². The minimum absolute atomic E-state index is 0.0301. The van der Waals surface area contributed by atoms with Crippen LogP contribution in [0.5, 0.6) is 0 Å². The highest BCUT2D eigenvalue weighted by molar-refractivity contribution is 5.76. The number of methoxy groups -OCH3 is 1. The van der Waals surface area contributed by atoms with E-state index in [1.807, 2.05) is 24.3 Å². The summed E-state index contributed by atoms with van der Waals surface area (Å²) >= 11 is 0.